The number of carbonyl (C=O) groups is 1. The Morgan fingerprint density at radius 3 is 2.75 bits per heavy atom. The molecule has 5 heteroatoms. The van der Waals surface area contributed by atoms with Crippen LogP contribution in [0.25, 0.3) is 5.57 Å². The zero-order valence-corrected chi connectivity index (χ0v) is 14.5. The van der Waals surface area contributed by atoms with Gasteiger partial charge in [0.15, 0.2) is 0 Å². The SMILES string of the molecule is CCOC(=O)C1=C(C)Cc2c1c(C#CC1(C)COC1)cn(C)c2=O. The third-order valence-corrected chi connectivity index (χ3v) is 4.41. The molecule has 0 saturated carbocycles. The van der Waals surface area contributed by atoms with E-state index in [9.17, 15) is 9.59 Å². The van der Waals surface area contributed by atoms with Crippen LogP contribution in [-0.2, 0) is 27.7 Å². The lowest BCUT2D eigenvalue weighted by Gasteiger charge is -2.32. The van der Waals surface area contributed by atoms with Crippen LogP contribution in [0.1, 0.15) is 37.5 Å². The Kier molecular flexibility index (Phi) is 4.10. The molecular formula is C19H21NO4. The first-order chi connectivity index (χ1) is 11.4. The topological polar surface area (TPSA) is 57.5 Å². The minimum Gasteiger partial charge on any atom is -0.462 e. The van der Waals surface area contributed by atoms with Crippen molar-refractivity contribution in [2.45, 2.75) is 27.2 Å². The van der Waals surface area contributed by atoms with E-state index < -0.39 is 0 Å². The summed E-state index contributed by atoms with van der Waals surface area (Å²) in [5.41, 5.74) is 3.05. The molecule has 5 nitrogen and oxygen atoms in total. The van der Waals surface area contributed by atoms with Crippen molar-refractivity contribution >= 4 is 11.5 Å². The fourth-order valence-corrected chi connectivity index (χ4v) is 3.09. The molecule has 1 aliphatic carbocycles. The molecule has 2 aliphatic rings. The normalized spacial score (nSPS) is 17.7. The van der Waals surface area contributed by atoms with Crippen LogP contribution in [0.5, 0.6) is 0 Å². The number of fused-ring (bicyclic) bond motifs is 1. The quantitative estimate of drug-likeness (QED) is 0.612. The molecule has 0 radical (unpaired) electrons. The summed E-state index contributed by atoms with van der Waals surface area (Å²) in [5.74, 6) is 6.01. The van der Waals surface area contributed by atoms with E-state index in [2.05, 4.69) is 11.8 Å². The van der Waals surface area contributed by atoms with Crippen molar-refractivity contribution in [2.24, 2.45) is 12.5 Å². The summed E-state index contributed by atoms with van der Waals surface area (Å²) in [6, 6.07) is 0. The van der Waals surface area contributed by atoms with E-state index >= 15 is 0 Å². The number of hydrogen-bond donors (Lipinski definition) is 0. The van der Waals surface area contributed by atoms with E-state index in [4.69, 9.17) is 9.47 Å². The van der Waals surface area contributed by atoms with Gasteiger partial charge in [-0.05, 0) is 20.8 Å². The van der Waals surface area contributed by atoms with Gasteiger partial charge in [0, 0.05) is 36.4 Å². The Labute approximate surface area is 141 Å². The molecule has 3 rings (SSSR count). The maximum absolute atomic E-state index is 12.5. The minimum absolute atomic E-state index is 0.0904. The van der Waals surface area contributed by atoms with Crippen LogP contribution in [-0.4, -0.2) is 30.4 Å². The predicted octanol–water partition coefficient (Wildman–Crippen LogP) is 1.67. The lowest BCUT2D eigenvalue weighted by Crippen LogP contribution is -2.38. The highest BCUT2D eigenvalue weighted by atomic mass is 16.5. The fourth-order valence-electron chi connectivity index (χ4n) is 3.09. The lowest BCUT2D eigenvalue weighted by atomic mass is 9.89. The van der Waals surface area contributed by atoms with E-state index in [-0.39, 0.29) is 16.9 Å². The van der Waals surface area contributed by atoms with Crippen molar-refractivity contribution in [3.05, 3.63) is 38.8 Å². The van der Waals surface area contributed by atoms with E-state index in [1.165, 1.54) is 4.57 Å². The zero-order chi connectivity index (χ0) is 17.5. The van der Waals surface area contributed by atoms with E-state index in [0.29, 0.717) is 48.5 Å². The van der Waals surface area contributed by atoms with Crippen molar-refractivity contribution < 1.29 is 14.3 Å². The fraction of sp³-hybridized carbons (Fsp3) is 0.474. The Bertz CT molecular complexity index is 860. The largest absolute Gasteiger partial charge is 0.462 e. The van der Waals surface area contributed by atoms with Gasteiger partial charge < -0.3 is 14.0 Å². The standard InChI is InChI=1S/C19H21NO4/c1-5-24-18(22)15-12(2)8-14-16(15)13(9-20(4)17(14)21)6-7-19(3)10-23-11-19/h9H,5,8,10-11H2,1-4H3. The summed E-state index contributed by atoms with van der Waals surface area (Å²) in [4.78, 5) is 24.8. The Morgan fingerprint density at radius 1 is 1.46 bits per heavy atom. The Hall–Kier alpha value is -2.32. The second-order valence-electron chi connectivity index (χ2n) is 6.67. The van der Waals surface area contributed by atoms with Crippen LogP contribution in [0.15, 0.2) is 16.6 Å². The summed E-state index contributed by atoms with van der Waals surface area (Å²) < 4.78 is 11.9. The smallest absolute Gasteiger partial charge is 0.338 e. The summed E-state index contributed by atoms with van der Waals surface area (Å²) in [6.07, 6.45) is 2.17. The van der Waals surface area contributed by atoms with Crippen molar-refractivity contribution in [1.29, 1.82) is 0 Å². The number of esters is 1. The van der Waals surface area contributed by atoms with Gasteiger partial charge in [0.2, 0.25) is 0 Å². The number of nitrogens with zero attached hydrogens (tertiary/aromatic N) is 1. The van der Waals surface area contributed by atoms with Crippen LogP contribution in [0.2, 0.25) is 0 Å². The number of hydrogen-bond acceptors (Lipinski definition) is 4. The molecule has 1 saturated heterocycles. The molecule has 0 unspecified atom stereocenters. The molecule has 1 aromatic heterocycles. The number of rotatable bonds is 2. The molecule has 0 aromatic carbocycles. The van der Waals surface area contributed by atoms with Gasteiger partial charge >= 0.3 is 5.97 Å². The highest BCUT2D eigenvalue weighted by Gasteiger charge is 2.33. The van der Waals surface area contributed by atoms with Gasteiger partial charge in [-0.1, -0.05) is 17.4 Å². The van der Waals surface area contributed by atoms with Gasteiger partial charge in [-0.15, -0.1) is 0 Å². The highest BCUT2D eigenvalue weighted by molar-refractivity contribution is 6.19. The molecular weight excluding hydrogens is 306 g/mol. The van der Waals surface area contributed by atoms with Crippen molar-refractivity contribution in [2.75, 3.05) is 19.8 Å². The van der Waals surface area contributed by atoms with Crippen molar-refractivity contribution in [1.82, 2.24) is 4.57 Å². The summed E-state index contributed by atoms with van der Waals surface area (Å²) in [5, 5.41) is 0. The molecule has 0 bridgehead atoms. The molecule has 2 heterocycles. The first-order valence-electron chi connectivity index (χ1n) is 8.07. The molecule has 0 spiro atoms. The zero-order valence-electron chi connectivity index (χ0n) is 14.5. The molecule has 1 aliphatic heterocycles. The second-order valence-corrected chi connectivity index (χ2v) is 6.67. The number of aryl methyl sites for hydroxylation is 1. The Balaban J connectivity index is 2.15. The molecule has 126 valence electrons. The van der Waals surface area contributed by atoms with E-state index in [1.54, 1.807) is 20.2 Å². The van der Waals surface area contributed by atoms with Crippen molar-refractivity contribution in [3.8, 4) is 11.8 Å². The van der Waals surface area contributed by atoms with Crippen LogP contribution in [0.3, 0.4) is 0 Å². The molecule has 24 heavy (non-hydrogen) atoms. The number of carbonyl (C=O) groups excluding carboxylic acids is 1. The average molecular weight is 327 g/mol. The summed E-state index contributed by atoms with van der Waals surface area (Å²) in [7, 11) is 1.71. The molecule has 1 fully saturated rings. The van der Waals surface area contributed by atoms with Crippen LogP contribution in [0.4, 0.5) is 0 Å². The van der Waals surface area contributed by atoms with Gasteiger partial charge in [0.1, 0.15) is 0 Å². The second kappa shape index (κ2) is 5.95. The van der Waals surface area contributed by atoms with Crippen LogP contribution < -0.4 is 5.56 Å². The van der Waals surface area contributed by atoms with Crippen LogP contribution >= 0.6 is 0 Å². The van der Waals surface area contributed by atoms with Crippen LogP contribution in [0, 0.1) is 17.3 Å². The molecule has 0 amide bonds. The molecule has 1 aromatic rings. The van der Waals surface area contributed by atoms with E-state index in [1.807, 2.05) is 13.8 Å². The van der Waals surface area contributed by atoms with Gasteiger partial charge in [0.05, 0.1) is 30.8 Å². The third kappa shape index (κ3) is 2.67. The first kappa shape index (κ1) is 16.5. The monoisotopic (exact) mass is 327 g/mol. The number of pyridine rings is 1. The molecule has 0 atom stereocenters. The maximum Gasteiger partial charge on any atom is 0.338 e. The number of aromatic nitrogens is 1. The summed E-state index contributed by atoms with van der Waals surface area (Å²) in [6.45, 7) is 7.18. The van der Waals surface area contributed by atoms with Gasteiger partial charge in [-0.2, -0.15) is 0 Å². The Morgan fingerprint density at radius 2 is 2.17 bits per heavy atom. The minimum atomic E-state index is -0.386. The maximum atomic E-state index is 12.5. The number of allylic oxidation sites excluding steroid dienone is 1. The van der Waals surface area contributed by atoms with Crippen molar-refractivity contribution in [3.63, 3.8) is 0 Å². The number of ether oxygens (including phenoxy) is 2. The van der Waals surface area contributed by atoms with Gasteiger partial charge in [0.25, 0.3) is 5.56 Å². The molecule has 0 N–H and O–H groups in total. The predicted molar refractivity (Wildman–Crippen MR) is 90.4 cm³/mol. The first-order valence-corrected chi connectivity index (χ1v) is 8.07. The van der Waals surface area contributed by atoms with Gasteiger partial charge in [-0.3, -0.25) is 4.79 Å². The average Bonchev–Trinajstić information content (AvgIpc) is 2.85. The van der Waals surface area contributed by atoms with Gasteiger partial charge in [-0.25, -0.2) is 4.79 Å². The van der Waals surface area contributed by atoms with E-state index in [0.717, 1.165) is 5.57 Å². The third-order valence-electron chi connectivity index (χ3n) is 4.41. The lowest BCUT2D eigenvalue weighted by molar-refractivity contribution is -0.136. The highest BCUT2D eigenvalue weighted by Crippen LogP contribution is 2.34. The summed E-state index contributed by atoms with van der Waals surface area (Å²) >= 11 is 0.